The smallest absolute Gasteiger partial charge is 0.387 e. The molecule has 3 N–H and O–H groups in total. The molecule has 0 atom stereocenters. The molecule has 2 aromatic carbocycles. The molecule has 0 aliphatic carbocycles. The number of alkyl halides is 2. The summed E-state index contributed by atoms with van der Waals surface area (Å²) in [4.78, 5) is 12.1. The van der Waals surface area contributed by atoms with Crippen LogP contribution >= 0.6 is 11.8 Å². The highest BCUT2D eigenvalue weighted by atomic mass is 32.2. The summed E-state index contributed by atoms with van der Waals surface area (Å²) < 4.78 is 35.7. The van der Waals surface area contributed by atoms with Crippen molar-refractivity contribution in [2.24, 2.45) is 0 Å². The lowest BCUT2D eigenvalue weighted by atomic mass is 10.0. The van der Waals surface area contributed by atoms with Crippen molar-refractivity contribution in [1.82, 2.24) is 20.2 Å². The number of thioether (sulfide) groups is 1. The normalized spacial score (nSPS) is 11.1. The van der Waals surface area contributed by atoms with E-state index in [-0.39, 0.29) is 24.0 Å². The van der Waals surface area contributed by atoms with Crippen LogP contribution in [0.5, 0.6) is 11.5 Å². The molecule has 0 radical (unpaired) electrons. The van der Waals surface area contributed by atoms with Crippen LogP contribution in [0.1, 0.15) is 36.7 Å². The number of carbonyl (C=O) groups is 1. The van der Waals surface area contributed by atoms with Gasteiger partial charge in [0.05, 0.1) is 5.75 Å². The molecule has 0 spiro atoms. The van der Waals surface area contributed by atoms with Gasteiger partial charge in [0.25, 0.3) is 0 Å². The predicted molar refractivity (Wildman–Crippen MR) is 126 cm³/mol. The summed E-state index contributed by atoms with van der Waals surface area (Å²) in [7, 11) is 0. The van der Waals surface area contributed by atoms with Gasteiger partial charge < -0.3 is 20.6 Å². The zero-order chi connectivity index (χ0) is 24.5. The fourth-order valence-corrected chi connectivity index (χ4v) is 3.67. The van der Waals surface area contributed by atoms with Crippen LogP contribution in [0.15, 0.2) is 53.7 Å². The Morgan fingerprint density at radius 2 is 1.76 bits per heavy atom. The Morgan fingerprint density at radius 1 is 1.09 bits per heavy atom. The van der Waals surface area contributed by atoms with E-state index in [9.17, 15) is 13.6 Å². The average Bonchev–Trinajstić information content (AvgIpc) is 3.16. The Kier molecular flexibility index (Phi) is 9.08. The Labute approximate surface area is 200 Å². The molecule has 3 aromatic rings. The minimum absolute atomic E-state index is 0.0962. The van der Waals surface area contributed by atoms with Crippen molar-refractivity contribution in [2.75, 3.05) is 18.1 Å². The highest BCUT2D eigenvalue weighted by Gasteiger charge is 2.13. The third kappa shape index (κ3) is 7.62. The lowest BCUT2D eigenvalue weighted by Gasteiger charge is -2.09. The fraction of sp³-hybridized carbons (Fsp3) is 0.348. The maximum Gasteiger partial charge on any atom is 0.387 e. The van der Waals surface area contributed by atoms with Gasteiger partial charge in [0, 0.05) is 6.54 Å². The predicted octanol–water partition coefficient (Wildman–Crippen LogP) is 3.75. The second-order valence-corrected chi connectivity index (χ2v) is 8.63. The first-order chi connectivity index (χ1) is 16.3. The molecule has 1 heterocycles. The van der Waals surface area contributed by atoms with E-state index >= 15 is 0 Å². The molecule has 0 aliphatic heterocycles. The molecule has 1 amide bonds. The van der Waals surface area contributed by atoms with Gasteiger partial charge in [-0.25, -0.2) is 4.68 Å². The first-order valence-electron chi connectivity index (χ1n) is 10.7. The van der Waals surface area contributed by atoms with E-state index in [2.05, 4.69) is 34.1 Å². The largest absolute Gasteiger partial charge is 0.486 e. The monoisotopic (exact) mass is 491 g/mol. The summed E-state index contributed by atoms with van der Waals surface area (Å²) in [6.45, 7) is 1.95. The van der Waals surface area contributed by atoms with Crippen molar-refractivity contribution in [1.29, 1.82) is 0 Å². The number of hydrogen-bond donors (Lipinski definition) is 2. The minimum atomic E-state index is -2.85. The van der Waals surface area contributed by atoms with E-state index < -0.39 is 6.61 Å². The molecule has 182 valence electrons. The second kappa shape index (κ2) is 12.2. The third-order valence-corrected chi connectivity index (χ3v) is 5.81. The molecule has 3 rings (SSSR count). The Balaban J connectivity index is 1.39. The van der Waals surface area contributed by atoms with Crippen LogP contribution in [0.4, 0.5) is 8.78 Å². The number of halogens is 2. The summed E-state index contributed by atoms with van der Waals surface area (Å²) in [6.07, 6.45) is 0.554. The van der Waals surface area contributed by atoms with Gasteiger partial charge in [0.15, 0.2) is 5.82 Å². The Hall–Kier alpha value is -3.34. The van der Waals surface area contributed by atoms with Gasteiger partial charge in [-0.2, -0.15) is 8.78 Å². The number of amides is 1. The summed E-state index contributed by atoms with van der Waals surface area (Å²) in [5.41, 5.74) is 2.11. The summed E-state index contributed by atoms with van der Waals surface area (Å²) in [5.74, 6) is 7.66. The van der Waals surface area contributed by atoms with Crippen LogP contribution in [-0.4, -0.2) is 39.7 Å². The number of carbonyl (C=O) groups excluding carboxylic acids is 1. The molecule has 0 saturated heterocycles. The molecule has 0 unspecified atom stereocenters. The highest BCUT2D eigenvalue weighted by Crippen LogP contribution is 2.20. The Morgan fingerprint density at radius 3 is 2.41 bits per heavy atom. The van der Waals surface area contributed by atoms with E-state index in [0.717, 1.165) is 5.56 Å². The third-order valence-electron chi connectivity index (χ3n) is 4.87. The van der Waals surface area contributed by atoms with E-state index in [1.165, 1.54) is 34.1 Å². The molecule has 8 nitrogen and oxygen atoms in total. The van der Waals surface area contributed by atoms with Crippen molar-refractivity contribution in [2.45, 2.75) is 44.6 Å². The number of rotatable bonds is 12. The molecule has 0 aliphatic rings. The van der Waals surface area contributed by atoms with E-state index in [1.54, 1.807) is 12.1 Å². The number of hydrogen-bond acceptors (Lipinski definition) is 7. The number of ether oxygens (including phenoxy) is 2. The number of benzene rings is 2. The zero-order valence-corrected chi connectivity index (χ0v) is 19.7. The molecular formula is C23H27F2N5O3S. The van der Waals surface area contributed by atoms with Crippen LogP contribution in [0.2, 0.25) is 0 Å². The van der Waals surface area contributed by atoms with Crippen molar-refractivity contribution in [3.63, 3.8) is 0 Å². The molecule has 11 heteroatoms. The van der Waals surface area contributed by atoms with Gasteiger partial charge in [-0.3, -0.25) is 4.79 Å². The quantitative estimate of drug-likeness (QED) is 0.294. The van der Waals surface area contributed by atoms with Gasteiger partial charge in [-0.05, 0) is 47.7 Å². The van der Waals surface area contributed by atoms with Crippen molar-refractivity contribution in [3.05, 3.63) is 65.5 Å². The van der Waals surface area contributed by atoms with Gasteiger partial charge >= 0.3 is 6.61 Å². The van der Waals surface area contributed by atoms with Crippen LogP contribution in [0.3, 0.4) is 0 Å². The van der Waals surface area contributed by atoms with Gasteiger partial charge in [-0.1, -0.05) is 49.9 Å². The molecular weight excluding hydrogens is 464 g/mol. The summed E-state index contributed by atoms with van der Waals surface area (Å²) >= 11 is 1.17. The lowest BCUT2D eigenvalue weighted by Crippen LogP contribution is -2.27. The summed E-state index contributed by atoms with van der Waals surface area (Å²) in [6, 6.07) is 14.1. The van der Waals surface area contributed by atoms with E-state index in [0.29, 0.717) is 35.6 Å². The second-order valence-electron chi connectivity index (χ2n) is 7.69. The first kappa shape index (κ1) is 25.3. The first-order valence-corrected chi connectivity index (χ1v) is 11.7. The number of nitrogens with two attached hydrogens (primary N) is 1. The number of nitrogen functional groups attached to an aromatic ring is 1. The van der Waals surface area contributed by atoms with Gasteiger partial charge in [0.2, 0.25) is 11.1 Å². The van der Waals surface area contributed by atoms with E-state index in [4.69, 9.17) is 10.6 Å². The molecule has 0 saturated carbocycles. The van der Waals surface area contributed by atoms with Gasteiger partial charge in [0.1, 0.15) is 18.1 Å². The Bertz CT molecular complexity index is 1060. The highest BCUT2D eigenvalue weighted by molar-refractivity contribution is 7.99. The topological polar surface area (TPSA) is 104 Å². The summed E-state index contributed by atoms with van der Waals surface area (Å²) in [5, 5.41) is 11.3. The van der Waals surface area contributed by atoms with Crippen LogP contribution < -0.4 is 20.6 Å². The molecule has 34 heavy (non-hydrogen) atoms. The minimum Gasteiger partial charge on any atom is -0.486 e. The molecule has 0 bridgehead atoms. The lowest BCUT2D eigenvalue weighted by molar-refractivity contribution is -0.118. The van der Waals surface area contributed by atoms with Crippen molar-refractivity contribution in [3.8, 4) is 11.5 Å². The SMILES string of the molecule is CC(C)c1ccc(OCc2nnc(SCC(=O)NCCc3ccc(OC(F)F)cc3)n2N)cc1. The molecule has 0 fully saturated rings. The number of nitrogens with zero attached hydrogens (tertiary/aromatic N) is 3. The van der Waals surface area contributed by atoms with Crippen LogP contribution in [-0.2, 0) is 17.8 Å². The fourth-order valence-electron chi connectivity index (χ4n) is 2.97. The molecule has 1 aromatic heterocycles. The van der Waals surface area contributed by atoms with E-state index in [1.807, 2.05) is 24.3 Å². The van der Waals surface area contributed by atoms with Crippen molar-refractivity contribution >= 4 is 17.7 Å². The maximum atomic E-state index is 12.2. The number of aromatic nitrogens is 3. The zero-order valence-electron chi connectivity index (χ0n) is 18.9. The standard InChI is InChI=1S/C23H27F2N5O3S/c1-15(2)17-5-9-18(10-6-17)32-13-20-28-29-23(30(20)26)34-14-21(31)27-12-11-16-3-7-19(8-4-16)33-22(24)25/h3-10,15,22H,11-14,26H2,1-2H3,(H,27,31). The van der Waals surface area contributed by atoms with Crippen LogP contribution in [0, 0.1) is 0 Å². The average molecular weight is 492 g/mol. The number of nitrogens with one attached hydrogen (secondary N) is 1. The van der Waals surface area contributed by atoms with Crippen molar-refractivity contribution < 1.29 is 23.0 Å². The van der Waals surface area contributed by atoms with Crippen LogP contribution in [0.25, 0.3) is 0 Å². The van der Waals surface area contributed by atoms with Gasteiger partial charge in [-0.15, -0.1) is 10.2 Å². The maximum absolute atomic E-state index is 12.2.